The van der Waals surface area contributed by atoms with Crippen LogP contribution < -0.4 is 5.32 Å². The Morgan fingerprint density at radius 2 is 1.70 bits per heavy atom. The SMILES string of the molecule is CC(C)C1CC(NC2CCCCC2)CN(CC2CC2)C1. The zero-order chi connectivity index (χ0) is 13.9. The van der Waals surface area contributed by atoms with E-state index in [-0.39, 0.29) is 0 Å². The van der Waals surface area contributed by atoms with Gasteiger partial charge in [0.1, 0.15) is 0 Å². The first-order valence-corrected chi connectivity index (χ1v) is 9.19. The van der Waals surface area contributed by atoms with E-state index in [9.17, 15) is 0 Å². The Morgan fingerprint density at radius 1 is 0.950 bits per heavy atom. The quantitative estimate of drug-likeness (QED) is 0.825. The van der Waals surface area contributed by atoms with Gasteiger partial charge >= 0.3 is 0 Å². The molecule has 0 radical (unpaired) electrons. The van der Waals surface area contributed by atoms with Crippen molar-refractivity contribution in [2.75, 3.05) is 19.6 Å². The molecule has 3 fully saturated rings. The van der Waals surface area contributed by atoms with Crippen LogP contribution in [0.1, 0.15) is 65.2 Å². The molecule has 2 heteroatoms. The first-order valence-electron chi connectivity index (χ1n) is 9.19. The van der Waals surface area contributed by atoms with Gasteiger partial charge in [0.2, 0.25) is 0 Å². The van der Waals surface area contributed by atoms with E-state index < -0.39 is 0 Å². The van der Waals surface area contributed by atoms with Gasteiger partial charge in [-0.15, -0.1) is 0 Å². The van der Waals surface area contributed by atoms with Crippen molar-refractivity contribution < 1.29 is 0 Å². The van der Waals surface area contributed by atoms with E-state index in [1.54, 1.807) is 0 Å². The molecule has 1 N–H and O–H groups in total. The average Bonchev–Trinajstić information content (AvgIpc) is 3.23. The second-order valence-electron chi connectivity index (χ2n) is 8.10. The van der Waals surface area contributed by atoms with Crippen LogP contribution in [0.2, 0.25) is 0 Å². The third-order valence-electron chi connectivity index (χ3n) is 5.79. The maximum Gasteiger partial charge on any atom is 0.0200 e. The molecule has 2 atom stereocenters. The molecule has 3 rings (SSSR count). The van der Waals surface area contributed by atoms with Crippen molar-refractivity contribution in [1.29, 1.82) is 0 Å². The lowest BCUT2D eigenvalue weighted by Gasteiger charge is -2.41. The molecule has 2 nitrogen and oxygen atoms in total. The summed E-state index contributed by atoms with van der Waals surface area (Å²) in [4.78, 5) is 2.78. The lowest BCUT2D eigenvalue weighted by atomic mass is 9.84. The van der Waals surface area contributed by atoms with E-state index in [0.29, 0.717) is 0 Å². The predicted molar refractivity (Wildman–Crippen MR) is 85.9 cm³/mol. The molecule has 2 saturated carbocycles. The fraction of sp³-hybridized carbons (Fsp3) is 1.00. The van der Waals surface area contributed by atoms with Crippen molar-refractivity contribution in [2.45, 2.75) is 77.3 Å². The molecule has 0 aromatic rings. The molecule has 20 heavy (non-hydrogen) atoms. The third-order valence-corrected chi connectivity index (χ3v) is 5.79. The Bertz CT molecular complexity index is 292. The van der Waals surface area contributed by atoms with Gasteiger partial charge in [0.25, 0.3) is 0 Å². The van der Waals surface area contributed by atoms with Gasteiger partial charge in [-0.2, -0.15) is 0 Å². The number of likely N-dealkylation sites (tertiary alicyclic amines) is 1. The number of piperidine rings is 1. The van der Waals surface area contributed by atoms with E-state index in [0.717, 1.165) is 29.8 Å². The lowest BCUT2D eigenvalue weighted by molar-refractivity contribution is 0.103. The number of hydrogen-bond acceptors (Lipinski definition) is 2. The highest BCUT2D eigenvalue weighted by molar-refractivity contribution is 4.89. The van der Waals surface area contributed by atoms with Gasteiger partial charge in [-0.3, -0.25) is 0 Å². The summed E-state index contributed by atoms with van der Waals surface area (Å²) >= 11 is 0. The summed E-state index contributed by atoms with van der Waals surface area (Å²) in [5.74, 6) is 2.78. The molecule has 0 amide bonds. The number of nitrogens with one attached hydrogen (secondary N) is 1. The highest BCUT2D eigenvalue weighted by Gasteiger charge is 2.33. The molecule has 3 aliphatic rings. The van der Waals surface area contributed by atoms with Gasteiger partial charge in [-0.25, -0.2) is 0 Å². The fourth-order valence-electron chi connectivity index (χ4n) is 4.25. The molecule has 2 aliphatic carbocycles. The molecule has 0 aromatic carbocycles. The topological polar surface area (TPSA) is 15.3 Å². The predicted octanol–water partition coefficient (Wildman–Crippen LogP) is 3.67. The third kappa shape index (κ3) is 4.21. The van der Waals surface area contributed by atoms with Crippen molar-refractivity contribution in [3.05, 3.63) is 0 Å². The van der Waals surface area contributed by atoms with Crippen LogP contribution in [0, 0.1) is 17.8 Å². The van der Waals surface area contributed by atoms with Crippen molar-refractivity contribution in [3.8, 4) is 0 Å². The standard InChI is InChI=1S/C18H34N2/c1-14(2)16-10-18(19-17-6-4-3-5-7-17)13-20(12-16)11-15-8-9-15/h14-19H,3-13H2,1-2H3. The van der Waals surface area contributed by atoms with Gasteiger partial charge in [0.15, 0.2) is 0 Å². The van der Waals surface area contributed by atoms with Crippen LogP contribution >= 0.6 is 0 Å². The molecule has 1 aliphatic heterocycles. The molecular weight excluding hydrogens is 244 g/mol. The van der Waals surface area contributed by atoms with Crippen molar-refractivity contribution >= 4 is 0 Å². The zero-order valence-electron chi connectivity index (χ0n) is 13.6. The minimum absolute atomic E-state index is 0.762. The van der Waals surface area contributed by atoms with E-state index in [4.69, 9.17) is 0 Å². The Morgan fingerprint density at radius 3 is 2.35 bits per heavy atom. The largest absolute Gasteiger partial charge is 0.310 e. The van der Waals surface area contributed by atoms with Crippen LogP contribution in [-0.2, 0) is 0 Å². The van der Waals surface area contributed by atoms with E-state index in [1.165, 1.54) is 71.0 Å². The molecule has 2 unspecified atom stereocenters. The molecule has 0 aromatic heterocycles. The van der Waals surface area contributed by atoms with Crippen molar-refractivity contribution in [2.24, 2.45) is 17.8 Å². The van der Waals surface area contributed by atoms with Crippen LogP contribution in [-0.4, -0.2) is 36.6 Å². The first-order chi connectivity index (χ1) is 9.70. The normalized spacial score (nSPS) is 33.8. The van der Waals surface area contributed by atoms with Crippen LogP contribution in [0.15, 0.2) is 0 Å². The summed E-state index contributed by atoms with van der Waals surface area (Å²) in [6, 6.07) is 1.58. The fourth-order valence-corrected chi connectivity index (χ4v) is 4.25. The summed E-state index contributed by atoms with van der Waals surface area (Å²) < 4.78 is 0. The van der Waals surface area contributed by atoms with Gasteiger partial charge in [0, 0.05) is 31.7 Å². The lowest BCUT2D eigenvalue weighted by Crippen LogP contribution is -2.53. The summed E-state index contributed by atoms with van der Waals surface area (Å²) in [7, 11) is 0. The number of hydrogen-bond donors (Lipinski definition) is 1. The van der Waals surface area contributed by atoms with Gasteiger partial charge in [-0.1, -0.05) is 33.1 Å². The molecule has 1 saturated heterocycles. The molecule has 116 valence electrons. The first kappa shape index (κ1) is 14.8. The number of rotatable bonds is 5. The molecular formula is C18H34N2. The van der Waals surface area contributed by atoms with E-state index >= 15 is 0 Å². The van der Waals surface area contributed by atoms with Crippen molar-refractivity contribution in [1.82, 2.24) is 10.2 Å². The summed E-state index contributed by atoms with van der Waals surface area (Å²) in [5.41, 5.74) is 0. The summed E-state index contributed by atoms with van der Waals surface area (Å²) in [6.07, 6.45) is 11.6. The Kier molecular flexibility index (Phi) is 5.04. The van der Waals surface area contributed by atoms with Crippen LogP contribution in [0.5, 0.6) is 0 Å². The maximum absolute atomic E-state index is 4.02. The minimum Gasteiger partial charge on any atom is -0.310 e. The Labute approximate surface area is 125 Å². The van der Waals surface area contributed by atoms with E-state index in [1.807, 2.05) is 0 Å². The Hall–Kier alpha value is -0.0800. The van der Waals surface area contributed by atoms with Gasteiger partial charge < -0.3 is 10.2 Å². The second kappa shape index (κ2) is 6.79. The van der Waals surface area contributed by atoms with Crippen LogP contribution in [0.25, 0.3) is 0 Å². The monoisotopic (exact) mass is 278 g/mol. The van der Waals surface area contributed by atoms with Gasteiger partial charge in [-0.05, 0) is 49.9 Å². The van der Waals surface area contributed by atoms with E-state index in [2.05, 4.69) is 24.1 Å². The molecule has 0 bridgehead atoms. The van der Waals surface area contributed by atoms with Gasteiger partial charge in [0.05, 0.1) is 0 Å². The average molecular weight is 278 g/mol. The molecule has 0 spiro atoms. The molecule has 1 heterocycles. The van der Waals surface area contributed by atoms with Crippen LogP contribution in [0.3, 0.4) is 0 Å². The van der Waals surface area contributed by atoms with Crippen LogP contribution in [0.4, 0.5) is 0 Å². The summed E-state index contributed by atoms with van der Waals surface area (Å²) in [5, 5.41) is 4.02. The van der Waals surface area contributed by atoms with Crippen molar-refractivity contribution in [3.63, 3.8) is 0 Å². The highest BCUT2D eigenvalue weighted by atomic mass is 15.2. The smallest absolute Gasteiger partial charge is 0.0200 e. The Balaban J connectivity index is 1.53. The zero-order valence-corrected chi connectivity index (χ0v) is 13.6. The number of nitrogens with zero attached hydrogens (tertiary/aromatic N) is 1. The minimum atomic E-state index is 0.762. The second-order valence-corrected chi connectivity index (χ2v) is 8.10. The highest BCUT2D eigenvalue weighted by Crippen LogP contribution is 2.32. The summed E-state index contributed by atoms with van der Waals surface area (Å²) in [6.45, 7) is 8.89. The maximum atomic E-state index is 4.02.